The van der Waals surface area contributed by atoms with E-state index in [2.05, 4.69) is 29.2 Å². The van der Waals surface area contributed by atoms with Gasteiger partial charge in [-0.2, -0.15) is 5.10 Å². The Bertz CT molecular complexity index is 518. The highest BCUT2D eigenvalue weighted by Gasteiger charge is 2.10. The second-order valence-corrected chi connectivity index (χ2v) is 4.38. The van der Waals surface area contributed by atoms with Crippen molar-refractivity contribution in [1.82, 2.24) is 19.9 Å². The van der Waals surface area contributed by atoms with Crippen molar-refractivity contribution in [2.24, 2.45) is 5.92 Å². The van der Waals surface area contributed by atoms with E-state index in [1.807, 2.05) is 6.07 Å². The van der Waals surface area contributed by atoms with E-state index in [4.69, 9.17) is 0 Å². The molecule has 5 nitrogen and oxygen atoms in total. The predicted molar refractivity (Wildman–Crippen MR) is 64.8 cm³/mol. The summed E-state index contributed by atoms with van der Waals surface area (Å²) in [6, 6.07) is 5.37. The van der Waals surface area contributed by atoms with Crippen molar-refractivity contribution in [1.29, 1.82) is 0 Å². The predicted octanol–water partition coefficient (Wildman–Crippen LogP) is 1.51. The van der Waals surface area contributed by atoms with Crippen LogP contribution < -0.4 is 5.32 Å². The largest absolute Gasteiger partial charge is 0.351 e. The highest BCUT2D eigenvalue weighted by molar-refractivity contribution is 5.92. The second-order valence-electron chi connectivity index (χ2n) is 4.38. The highest BCUT2D eigenvalue weighted by atomic mass is 16.1. The summed E-state index contributed by atoms with van der Waals surface area (Å²) in [6.45, 7) is 4.94. The van der Waals surface area contributed by atoms with Crippen LogP contribution in [0.3, 0.4) is 0 Å². The molecule has 0 aliphatic rings. The van der Waals surface area contributed by atoms with Crippen LogP contribution in [-0.2, 0) is 0 Å². The quantitative estimate of drug-likeness (QED) is 0.869. The summed E-state index contributed by atoms with van der Waals surface area (Å²) in [5.41, 5.74) is 1.20. The van der Waals surface area contributed by atoms with E-state index in [1.54, 1.807) is 16.6 Å². The molecule has 0 fully saturated rings. The molecule has 90 valence electrons. The van der Waals surface area contributed by atoms with Gasteiger partial charge in [-0.05, 0) is 24.5 Å². The summed E-state index contributed by atoms with van der Waals surface area (Å²) in [6.07, 6.45) is 2.42. The van der Waals surface area contributed by atoms with Gasteiger partial charge in [-0.25, -0.2) is 9.50 Å². The first-order valence-corrected chi connectivity index (χ1v) is 5.75. The molecule has 0 atom stereocenters. The zero-order valence-electron chi connectivity index (χ0n) is 10.1. The van der Waals surface area contributed by atoms with Gasteiger partial charge >= 0.3 is 0 Å². The van der Waals surface area contributed by atoms with Gasteiger partial charge in [0.1, 0.15) is 12.0 Å². The van der Waals surface area contributed by atoms with Crippen molar-refractivity contribution >= 4 is 11.6 Å². The molecule has 1 N–H and O–H groups in total. The van der Waals surface area contributed by atoms with Crippen LogP contribution in [-0.4, -0.2) is 27.0 Å². The van der Waals surface area contributed by atoms with E-state index >= 15 is 0 Å². The van der Waals surface area contributed by atoms with E-state index in [-0.39, 0.29) is 5.91 Å². The van der Waals surface area contributed by atoms with Crippen LogP contribution in [0, 0.1) is 5.92 Å². The third-order valence-corrected chi connectivity index (χ3v) is 2.54. The van der Waals surface area contributed by atoms with Crippen LogP contribution in [0.5, 0.6) is 0 Å². The van der Waals surface area contributed by atoms with Gasteiger partial charge in [0.15, 0.2) is 5.65 Å². The topological polar surface area (TPSA) is 59.3 Å². The number of amides is 1. The Hall–Kier alpha value is -1.91. The van der Waals surface area contributed by atoms with Crippen LogP contribution in [0.1, 0.15) is 30.8 Å². The first-order chi connectivity index (χ1) is 8.18. The lowest BCUT2D eigenvalue weighted by Gasteiger charge is -2.07. The van der Waals surface area contributed by atoms with Crippen molar-refractivity contribution in [2.75, 3.05) is 6.54 Å². The van der Waals surface area contributed by atoms with Gasteiger partial charge in [0.2, 0.25) is 0 Å². The smallest absolute Gasteiger partial charge is 0.270 e. The molecule has 2 rings (SSSR count). The summed E-state index contributed by atoms with van der Waals surface area (Å²) in [4.78, 5) is 16.0. The molecule has 1 amide bonds. The Balaban J connectivity index is 2.11. The SMILES string of the molecule is CC(C)CCNC(=O)c1cccc2ncnn12. The Labute approximate surface area is 99.9 Å². The van der Waals surface area contributed by atoms with Gasteiger partial charge in [0, 0.05) is 6.54 Å². The normalized spacial score (nSPS) is 11.0. The summed E-state index contributed by atoms with van der Waals surface area (Å²) in [7, 11) is 0. The van der Waals surface area contributed by atoms with E-state index in [1.165, 1.54) is 6.33 Å². The molecule has 2 heterocycles. The van der Waals surface area contributed by atoms with Crippen LogP contribution in [0.15, 0.2) is 24.5 Å². The number of aromatic nitrogens is 3. The molecule has 0 aromatic carbocycles. The van der Waals surface area contributed by atoms with E-state index < -0.39 is 0 Å². The van der Waals surface area contributed by atoms with E-state index in [9.17, 15) is 4.79 Å². The van der Waals surface area contributed by atoms with Crippen molar-refractivity contribution in [3.8, 4) is 0 Å². The standard InChI is InChI=1S/C12H16N4O/c1-9(2)6-7-13-12(17)10-4-3-5-11-14-8-15-16(10)11/h3-5,8-9H,6-7H2,1-2H3,(H,13,17). The minimum Gasteiger partial charge on any atom is -0.351 e. The molecular weight excluding hydrogens is 216 g/mol. The maximum atomic E-state index is 11.9. The Morgan fingerprint density at radius 1 is 1.47 bits per heavy atom. The van der Waals surface area contributed by atoms with Crippen molar-refractivity contribution in [2.45, 2.75) is 20.3 Å². The summed E-state index contributed by atoms with van der Waals surface area (Å²) >= 11 is 0. The van der Waals surface area contributed by atoms with E-state index in [0.29, 0.717) is 23.8 Å². The number of nitrogens with one attached hydrogen (secondary N) is 1. The summed E-state index contributed by atoms with van der Waals surface area (Å²) in [5, 5.41) is 6.91. The first-order valence-electron chi connectivity index (χ1n) is 5.75. The van der Waals surface area contributed by atoms with Crippen molar-refractivity contribution < 1.29 is 4.79 Å². The molecule has 0 spiro atoms. The van der Waals surface area contributed by atoms with Gasteiger partial charge in [0.05, 0.1) is 0 Å². The average Bonchev–Trinajstić information content (AvgIpc) is 2.75. The second kappa shape index (κ2) is 4.95. The Kier molecular flexibility index (Phi) is 3.37. The molecule has 0 aliphatic carbocycles. The lowest BCUT2D eigenvalue weighted by molar-refractivity contribution is 0.0944. The Morgan fingerprint density at radius 2 is 2.29 bits per heavy atom. The average molecular weight is 232 g/mol. The molecule has 2 aromatic rings. The molecule has 0 radical (unpaired) electrons. The highest BCUT2D eigenvalue weighted by Crippen LogP contribution is 2.04. The fourth-order valence-corrected chi connectivity index (χ4v) is 1.58. The van der Waals surface area contributed by atoms with Crippen molar-refractivity contribution in [3.05, 3.63) is 30.2 Å². The van der Waals surface area contributed by atoms with Gasteiger partial charge in [-0.3, -0.25) is 4.79 Å². The third kappa shape index (κ3) is 2.61. The number of carbonyl (C=O) groups excluding carboxylic acids is 1. The molecule has 0 unspecified atom stereocenters. The number of pyridine rings is 1. The minimum absolute atomic E-state index is 0.109. The number of fused-ring (bicyclic) bond motifs is 1. The first kappa shape index (κ1) is 11.6. The lowest BCUT2D eigenvalue weighted by Crippen LogP contribution is -2.27. The maximum absolute atomic E-state index is 11.9. The molecule has 2 aromatic heterocycles. The lowest BCUT2D eigenvalue weighted by atomic mass is 10.1. The number of nitrogens with zero attached hydrogens (tertiary/aromatic N) is 3. The summed E-state index contributed by atoms with van der Waals surface area (Å²) in [5.74, 6) is 0.471. The van der Waals surface area contributed by atoms with Gasteiger partial charge in [-0.15, -0.1) is 0 Å². The molecule has 0 saturated carbocycles. The maximum Gasteiger partial charge on any atom is 0.270 e. The van der Waals surface area contributed by atoms with Gasteiger partial charge in [-0.1, -0.05) is 19.9 Å². The number of carbonyl (C=O) groups is 1. The zero-order valence-corrected chi connectivity index (χ0v) is 10.1. The van der Waals surface area contributed by atoms with Crippen LogP contribution in [0.2, 0.25) is 0 Å². The van der Waals surface area contributed by atoms with Crippen molar-refractivity contribution in [3.63, 3.8) is 0 Å². The molecule has 5 heteroatoms. The van der Waals surface area contributed by atoms with Gasteiger partial charge in [0.25, 0.3) is 5.91 Å². The number of hydrogen-bond donors (Lipinski definition) is 1. The minimum atomic E-state index is -0.109. The molecule has 0 bridgehead atoms. The number of hydrogen-bond acceptors (Lipinski definition) is 3. The van der Waals surface area contributed by atoms with Crippen LogP contribution in [0.4, 0.5) is 0 Å². The van der Waals surface area contributed by atoms with Gasteiger partial charge < -0.3 is 5.32 Å². The fourth-order valence-electron chi connectivity index (χ4n) is 1.58. The fraction of sp³-hybridized carbons (Fsp3) is 0.417. The molecule has 0 aliphatic heterocycles. The summed E-state index contributed by atoms with van der Waals surface area (Å²) < 4.78 is 1.55. The monoisotopic (exact) mass is 232 g/mol. The van der Waals surface area contributed by atoms with Crippen LogP contribution >= 0.6 is 0 Å². The zero-order chi connectivity index (χ0) is 12.3. The Morgan fingerprint density at radius 3 is 3.06 bits per heavy atom. The van der Waals surface area contributed by atoms with E-state index in [0.717, 1.165) is 6.42 Å². The molecule has 17 heavy (non-hydrogen) atoms. The van der Waals surface area contributed by atoms with Crippen LogP contribution in [0.25, 0.3) is 5.65 Å². The molecular formula is C12H16N4O. The third-order valence-electron chi connectivity index (χ3n) is 2.54. The number of rotatable bonds is 4. The molecule has 0 saturated heterocycles.